The molecule has 4 N–H and O–H groups in total. The van der Waals surface area contributed by atoms with Gasteiger partial charge in [-0.3, -0.25) is 0 Å². The Morgan fingerprint density at radius 1 is 1.37 bits per heavy atom. The highest BCUT2D eigenvalue weighted by molar-refractivity contribution is 7.88. The zero-order chi connectivity index (χ0) is 14.3. The summed E-state index contributed by atoms with van der Waals surface area (Å²) < 4.78 is 30.8. The van der Waals surface area contributed by atoms with Crippen LogP contribution in [0.2, 0.25) is 0 Å². The average Bonchev–Trinajstić information content (AvgIpc) is 2.38. The van der Waals surface area contributed by atoms with Crippen molar-refractivity contribution in [2.75, 3.05) is 13.7 Å². The van der Waals surface area contributed by atoms with Gasteiger partial charge in [0.2, 0.25) is 0 Å². The van der Waals surface area contributed by atoms with E-state index < -0.39 is 16.3 Å². The first-order valence-electron chi connectivity index (χ1n) is 5.60. The Morgan fingerprint density at radius 3 is 2.58 bits per heavy atom. The fourth-order valence-electron chi connectivity index (χ4n) is 1.40. The molecule has 0 saturated heterocycles. The maximum Gasteiger partial charge on any atom is 0.421 e. The molecule has 0 aromatic heterocycles. The van der Waals surface area contributed by atoms with Crippen LogP contribution in [0.15, 0.2) is 30.3 Å². The van der Waals surface area contributed by atoms with Crippen LogP contribution in [0, 0.1) is 0 Å². The van der Waals surface area contributed by atoms with Crippen molar-refractivity contribution in [3.63, 3.8) is 0 Å². The van der Waals surface area contributed by atoms with E-state index in [1.54, 1.807) is 4.72 Å². The summed E-state index contributed by atoms with van der Waals surface area (Å²) in [7, 11) is -2.82. The highest BCUT2D eigenvalue weighted by Gasteiger charge is 2.14. The van der Waals surface area contributed by atoms with Gasteiger partial charge < -0.3 is 10.5 Å². The van der Waals surface area contributed by atoms with Gasteiger partial charge in [0.25, 0.3) is 0 Å². The smallest absolute Gasteiger partial charge is 0.421 e. The van der Waals surface area contributed by atoms with Crippen LogP contribution in [-0.2, 0) is 14.9 Å². The summed E-state index contributed by atoms with van der Waals surface area (Å²) in [4.78, 5) is 10.8. The Morgan fingerprint density at radius 2 is 2.00 bits per heavy atom. The van der Waals surface area contributed by atoms with Gasteiger partial charge in [0.15, 0.2) is 0 Å². The van der Waals surface area contributed by atoms with Crippen LogP contribution in [0.3, 0.4) is 0 Å². The van der Waals surface area contributed by atoms with Crippen LogP contribution in [-0.4, -0.2) is 28.2 Å². The van der Waals surface area contributed by atoms with Gasteiger partial charge in [-0.25, -0.2) is 9.52 Å². The third kappa shape index (κ3) is 5.69. The highest BCUT2D eigenvalue weighted by atomic mass is 32.2. The molecule has 1 aromatic carbocycles. The normalized spacial score (nSPS) is 12.7. The Bertz CT molecular complexity index is 504. The van der Waals surface area contributed by atoms with E-state index in [9.17, 15) is 13.2 Å². The molecule has 0 fully saturated rings. The average molecular weight is 287 g/mol. The third-order valence-electron chi connectivity index (χ3n) is 2.38. The molecule has 0 aliphatic heterocycles. The molecule has 0 saturated carbocycles. The summed E-state index contributed by atoms with van der Waals surface area (Å²) in [5, 5.41) is 0. The zero-order valence-electron chi connectivity index (χ0n) is 10.5. The van der Waals surface area contributed by atoms with Crippen molar-refractivity contribution in [1.29, 1.82) is 0 Å². The summed E-state index contributed by atoms with van der Waals surface area (Å²) in [6.07, 6.45) is -0.633. The molecule has 0 radical (unpaired) electrons. The van der Waals surface area contributed by atoms with E-state index in [0.717, 1.165) is 12.7 Å². The van der Waals surface area contributed by atoms with Gasteiger partial charge in [-0.2, -0.15) is 13.1 Å². The topological polar surface area (TPSA) is 111 Å². The minimum absolute atomic E-state index is 0.113. The molecular weight excluding hydrogens is 270 g/mol. The summed E-state index contributed by atoms with van der Waals surface area (Å²) >= 11 is 0. The minimum atomic E-state index is -3.90. The second-order valence-corrected chi connectivity index (χ2v) is 5.30. The molecule has 19 heavy (non-hydrogen) atoms. The van der Waals surface area contributed by atoms with E-state index in [2.05, 4.69) is 9.46 Å². The first kappa shape index (κ1) is 15.4. The van der Waals surface area contributed by atoms with E-state index in [4.69, 9.17) is 5.73 Å². The molecule has 0 aliphatic carbocycles. The Labute approximate surface area is 112 Å². The first-order valence-corrected chi connectivity index (χ1v) is 7.09. The molecule has 0 spiro atoms. The lowest BCUT2D eigenvalue weighted by molar-refractivity contribution is 0.177. The maximum absolute atomic E-state index is 11.4. The predicted octanol–water partition coefficient (Wildman–Crippen LogP) is 0.267. The quantitative estimate of drug-likeness (QED) is 0.695. The zero-order valence-corrected chi connectivity index (χ0v) is 11.3. The summed E-state index contributed by atoms with van der Waals surface area (Å²) in [5.41, 5.74) is 6.82. The van der Waals surface area contributed by atoms with Gasteiger partial charge in [0.1, 0.15) is 0 Å². The number of carbonyl (C=O) groups excluding carboxylic acids is 1. The molecule has 8 heteroatoms. The number of hydrogen-bond acceptors (Lipinski definition) is 5. The summed E-state index contributed by atoms with van der Waals surface area (Å²) in [5.74, 6) is 0. The standard InChI is InChI=1S/C11H17N3O4S/c1-18-11(15)14-19(16,17)13-8-7-10(12)9-5-3-2-4-6-9/h2-6,10,13H,7-8,12H2,1H3,(H,14,15). The van der Waals surface area contributed by atoms with Crippen molar-refractivity contribution in [3.05, 3.63) is 35.9 Å². The molecule has 1 rings (SSSR count). The highest BCUT2D eigenvalue weighted by Crippen LogP contribution is 2.12. The Kier molecular flexibility index (Phi) is 5.74. The third-order valence-corrected chi connectivity index (χ3v) is 3.40. The van der Waals surface area contributed by atoms with Crippen LogP contribution in [0.1, 0.15) is 18.0 Å². The minimum Gasteiger partial charge on any atom is -0.452 e. The number of ether oxygens (including phenoxy) is 1. The molecule has 0 bridgehead atoms. The van der Waals surface area contributed by atoms with Crippen molar-refractivity contribution in [2.45, 2.75) is 12.5 Å². The molecule has 1 atom stereocenters. The van der Waals surface area contributed by atoms with Crippen LogP contribution in [0.4, 0.5) is 4.79 Å². The molecule has 106 valence electrons. The van der Waals surface area contributed by atoms with Crippen molar-refractivity contribution < 1.29 is 17.9 Å². The SMILES string of the molecule is COC(=O)NS(=O)(=O)NCCC(N)c1ccccc1. The number of nitrogens with two attached hydrogens (primary N) is 1. The molecular formula is C11H17N3O4S. The van der Waals surface area contributed by atoms with Gasteiger partial charge in [0, 0.05) is 12.6 Å². The van der Waals surface area contributed by atoms with Gasteiger partial charge in [-0.1, -0.05) is 30.3 Å². The van der Waals surface area contributed by atoms with Gasteiger partial charge in [-0.15, -0.1) is 0 Å². The van der Waals surface area contributed by atoms with Crippen molar-refractivity contribution >= 4 is 16.3 Å². The molecule has 0 heterocycles. The monoisotopic (exact) mass is 287 g/mol. The van der Waals surface area contributed by atoms with Crippen LogP contribution in [0.25, 0.3) is 0 Å². The van der Waals surface area contributed by atoms with Gasteiger partial charge in [-0.05, 0) is 12.0 Å². The molecule has 7 nitrogen and oxygen atoms in total. The second-order valence-electron chi connectivity index (χ2n) is 3.80. The number of hydrogen-bond donors (Lipinski definition) is 3. The fourth-order valence-corrected chi connectivity index (χ4v) is 2.16. The molecule has 1 aromatic rings. The summed E-state index contributed by atoms with van der Waals surface area (Å²) in [6.45, 7) is 0.113. The molecule has 1 amide bonds. The van der Waals surface area contributed by atoms with E-state index in [-0.39, 0.29) is 12.6 Å². The van der Waals surface area contributed by atoms with Gasteiger partial charge >= 0.3 is 16.3 Å². The number of methoxy groups -OCH3 is 1. The van der Waals surface area contributed by atoms with Crippen LogP contribution in [0.5, 0.6) is 0 Å². The number of nitrogens with one attached hydrogen (secondary N) is 2. The van der Waals surface area contributed by atoms with Crippen molar-refractivity contribution in [3.8, 4) is 0 Å². The number of benzene rings is 1. The Balaban J connectivity index is 2.40. The lowest BCUT2D eigenvalue weighted by atomic mass is 10.1. The maximum atomic E-state index is 11.4. The lowest BCUT2D eigenvalue weighted by Gasteiger charge is -2.12. The van der Waals surface area contributed by atoms with Crippen molar-refractivity contribution in [2.24, 2.45) is 5.73 Å². The van der Waals surface area contributed by atoms with Crippen molar-refractivity contribution in [1.82, 2.24) is 9.44 Å². The van der Waals surface area contributed by atoms with E-state index in [1.165, 1.54) is 0 Å². The number of amides is 1. The fraction of sp³-hybridized carbons (Fsp3) is 0.364. The number of rotatable bonds is 6. The largest absolute Gasteiger partial charge is 0.452 e. The summed E-state index contributed by atoms with van der Waals surface area (Å²) in [6, 6.07) is 9.05. The Hall–Kier alpha value is -1.64. The predicted molar refractivity (Wildman–Crippen MR) is 70.5 cm³/mol. The molecule has 0 aliphatic rings. The van der Waals surface area contributed by atoms with E-state index >= 15 is 0 Å². The van der Waals surface area contributed by atoms with E-state index in [1.807, 2.05) is 30.3 Å². The van der Waals surface area contributed by atoms with Crippen LogP contribution >= 0.6 is 0 Å². The lowest BCUT2D eigenvalue weighted by Crippen LogP contribution is -2.41. The van der Waals surface area contributed by atoms with E-state index in [0.29, 0.717) is 6.42 Å². The van der Waals surface area contributed by atoms with Crippen LogP contribution < -0.4 is 15.2 Å². The molecule has 1 unspecified atom stereocenters. The second kappa shape index (κ2) is 7.07. The van der Waals surface area contributed by atoms with Gasteiger partial charge in [0.05, 0.1) is 7.11 Å². The first-order chi connectivity index (χ1) is 8.94. The number of carbonyl (C=O) groups is 1.